The molecule has 0 bridgehead atoms. The first-order chi connectivity index (χ1) is 11.6. The lowest BCUT2D eigenvalue weighted by atomic mass is 9.98. The molecule has 118 valence electrons. The first-order valence-corrected chi connectivity index (χ1v) is 9.77. The topological polar surface area (TPSA) is 0 Å². The van der Waals surface area contributed by atoms with E-state index in [0.717, 1.165) is 9.37 Å². The molecule has 1 aromatic heterocycles. The Morgan fingerprint density at radius 3 is 2.25 bits per heavy atom. The van der Waals surface area contributed by atoms with Crippen molar-refractivity contribution in [2.45, 2.75) is 11.8 Å². The minimum absolute atomic E-state index is 1.05. The average molecular weight is 411 g/mol. The van der Waals surface area contributed by atoms with Crippen molar-refractivity contribution in [3.05, 3.63) is 76.8 Å². The predicted molar refractivity (Wildman–Crippen MR) is 112 cm³/mol. The van der Waals surface area contributed by atoms with E-state index in [9.17, 15) is 0 Å². The van der Waals surface area contributed by atoms with Crippen LogP contribution in [0.1, 0.15) is 5.56 Å². The molecule has 0 saturated heterocycles. The lowest BCUT2D eigenvalue weighted by Gasteiger charge is -2.06. The van der Waals surface area contributed by atoms with Gasteiger partial charge in [-0.05, 0) is 41.8 Å². The molecule has 0 aliphatic rings. The zero-order valence-corrected chi connectivity index (χ0v) is 16.4. The molecule has 0 amide bonds. The second-order valence-corrected chi connectivity index (χ2v) is 8.18. The van der Waals surface area contributed by atoms with Crippen LogP contribution in [0.4, 0.5) is 0 Å². The number of aryl methyl sites for hydroxylation is 1. The van der Waals surface area contributed by atoms with Gasteiger partial charge in [0.1, 0.15) is 0 Å². The summed E-state index contributed by atoms with van der Waals surface area (Å²) in [6, 6.07) is 23.5. The largest absolute Gasteiger partial charge is 0.143 e. The first-order valence-electron chi connectivity index (χ1n) is 7.71. The van der Waals surface area contributed by atoms with Crippen LogP contribution in [0.15, 0.2) is 76.1 Å². The molecular weight excluding hydrogens is 396 g/mol. The van der Waals surface area contributed by atoms with Crippen LogP contribution in [0.25, 0.3) is 31.7 Å². The van der Waals surface area contributed by atoms with Crippen LogP contribution >= 0.6 is 39.9 Å². The normalized spacial score (nSPS) is 11.1. The number of hydrogen-bond acceptors (Lipinski definition) is 2. The van der Waals surface area contributed by atoms with Gasteiger partial charge < -0.3 is 0 Å². The lowest BCUT2D eigenvalue weighted by Crippen LogP contribution is -1.81. The fourth-order valence-electron chi connectivity index (χ4n) is 2.98. The van der Waals surface area contributed by atoms with Gasteiger partial charge in [0.25, 0.3) is 0 Å². The minimum atomic E-state index is 1.05. The van der Waals surface area contributed by atoms with Crippen molar-refractivity contribution in [2.75, 3.05) is 0 Å². The fraction of sp³-hybridized carbons (Fsp3) is 0.0476. The molecule has 0 atom stereocenters. The Hall–Kier alpha value is -1.55. The van der Waals surface area contributed by atoms with E-state index in [1.165, 1.54) is 37.2 Å². The van der Waals surface area contributed by atoms with Crippen molar-refractivity contribution in [1.29, 1.82) is 0 Å². The minimum Gasteiger partial charge on any atom is -0.143 e. The third-order valence-corrected chi connectivity index (χ3v) is 6.63. The number of halogens is 1. The highest BCUT2D eigenvalue weighted by Crippen LogP contribution is 2.46. The van der Waals surface area contributed by atoms with E-state index in [2.05, 4.69) is 102 Å². The monoisotopic (exact) mass is 410 g/mol. The molecule has 0 fully saturated rings. The maximum absolute atomic E-state index is 4.61. The molecule has 1 heterocycles. The van der Waals surface area contributed by atoms with Gasteiger partial charge in [-0.2, -0.15) is 0 Å². The Morgan fingerprint density at radius 2 is 1.54 bits per heavy atom. The Morgan fingerprint density at radius 1 is 0.833 bits per heavy atom. The van der Waals surface area contributed by atoms with E-state index in [-0.39, 0.29) is 0 Å². The molecule has 0 aliphatic heterocycles. The summed E-state index contributed by atoms with van der Waals surface area (Å²) in [6.07, 6.45) is 0. The van der Waals surface area contributed by atoms with Crippen LogP contribution in [0.2, 0.25) is 0 Å². The van der Waals surface area contributed by atoms with E-state index in [0.29, 0.717) is 0 Å². The van der Waals surface area contributed by atoms with Crippen molar-refractivity contribution in [3.8, 4) is 21.6 Å². The summed E-state index contributed by atoms with van der Waals surface area (Å²) in [5.41, 5.74) is 5.07. The molecule has 0 nitrogen and oxygen atoms in total. The molecule has 0 unspecified atom stereocenters. The summed E-state index contributed by atoms with van der Waals surface area (Å²) in [4.78, 5) is 2.36. The number of thiol groups is 1. The lowest BCUT2D eigenvalue weighted by molar-refractivity contribution is 1.37. The van der Waals surface area contributed by atoms with Gasteiger partial charge >= 0.3 is 0 Å². The second-order valence-electron chi connectivity index (χ2n) is 5.77. The maximum atomic E-state index is 4.61. The summed E-state index contributed by atoms with van der Waals surface area (Å²) < 4.78 is 2.42. The van der Waals surface area contributed by atoms with Crippen molar-refractivity contribution < 1.29 is 0 Å². The quantitative estimate of drug-likeness (QED) is 0.323. The van der Waals surface area contributed by atoms with Crippen LogP contribution in [0, 0.1) is 6.92 Å². The molecule has 3 heteroatoms. The van der Waals surface area contributed by atoms with E-state index < -0.39 is 0 Å². The van der Waals surface area contributed by atoms with E-state index >= 15 is 0 Å². The molecule has 0 radical (unpaired) electrons. The van der Waals surface area contributed by atoms with E-state index in [1.807, 2.05) is 11.3 Å². The van der Waals surface area contributed by atoms with Crippen LogP contribution in [-0.2, 0) is 0 Å². The Kier molecular flexibility index (Phi) is 4.25. The first kappa shape index (κ1) is 15.9. The number of hydrogen-bond donors (Lipinski definition) is 1. The summed E-state index contributed by atoms with van der Waals surface area (Å²) in [7, 11) is 0. The highest BCUT2D eigenvalue weighted by atomic mass is 79.9. The Labute approximate surface area is 159 Å². The summed E-state index contributed by atoms with van der Waals surface area (Å²) in [6.45, 7) is 2.15. The predicted octanol–water partition coefficient (Wildman–Crippen LogP) is 7.59. The summed E-state index contributed by atoms with van der Waals surface area (Å²) in [5, 5.41) is 1.30. The zero-order chi connectivity index (χ0) is 16.7. The third-order valence-electron chi connectivity index (χ3n) is 4.25. The standard InChI is InChI=1S/C21H15BrS2/c1-13-18(23)12-11-17-19(14-7-9-16(22)10-8-14)21(24-20(13)17)15-5-3-2-4-6-15/h2-12,23H,1H3. The number of fused-ring (bicyclic) bond motifs is 1. The van der Waals surface area contributed by atoms with E-state index in [1.54, 1.807) is 0 Å². The molecule has 0 saturated carbocycles. The second kappa shape index (κ2) is 6.40. The molecule has 0 N–H and O–H groups in total. The fourth-order valence-corrected chi connectivity index (χ4v) is 4.84. The highest BCUT2D eigenvalue weighted by molar-refractivity contribution is 9.10. The Bertz CT molecular complexity index is 1020. The molecule has 0 spiro atoms. The van der Waals surface area contributed by atoms with Crippen LogP contribution in [0.5, 0.6) is 0 Å². The van der Waals surface area contributed by atoms with Crippen LogP contribution in [0.3, 0.4) is 0 Å². The van der Waals surface area contributed by atoms with Gasteiger partial charge in [-0.3, -0.25) is 0 Å². The maximum Gasteiger partial charge on any atom is 0.0433 e. The van der Waals surface area contributed by atoms with Gasteiger partial charge in [-0.15, -0.1) is 24.0 Å². The molecule has 4 aromatic rings. The van der Waals surface area contributed by atoms with Gasteiger partial charge in [0, 0.05) is 29.9 Å². The van der Waals surface area contributed by atoms with Crippen molar-refractivity contribution in [2.24, 2.45) is 0 Å². The van der Waals surface area contributed by atoms with E-state index in [4.69, 9.17) is 0 Å². The Balaban J connectivity index is 2.09. The smallest absolute Gasteiger partial charge is 0.0433 e. The van der Waals surface area contributed by atoms with Crippen LogP contribution < -0.4 is 0 Å². The van der Waals surface area contributed by atoms with Crippen molar-refractivity contribution >= 4 is 50.0 Å². The van der Waals surface area contributed by atoms with Crippen molar-refractivity contribution in [3.63, 3.8) is 0 Å². The molecular formula is C21H15BrS2. The number of rotatable bonds is 2. The summed E-state index contributed by atoms with van der Waals surface area (Å²) >= 11 is 10.00. The molecule has 0 aliphatic carbocycles. The van der Waals surface area contributed by atoms with Gasteiger partial charge in [-0.1, -0.05) is 64.5 Å². The highest BCUT2D eigenvalue weighted by Gasteiger charge is 2.17. The average Bonchev–Trinajstić information content (AvgIpc) is 3.00. The zero-order valence-electron chi connectivity index (χ0n) is 13.1. The third kappa shape index (κ3) is 2.71. The number of thiophene rings is 1. The summed E-state index contributed by atoms with van der Waals surface area (Å²) in [5.74, 6) is 0. The molecule has 4 rings (SSSR count). The van der Waals surface area contributed by atoms with Crippen LogP contribution in [-0.4, -0.2) is 0 Å². The van der Waals surface area contributed by atoms with Gasteiger partial charge in [0.15, 0.2) is 0 Å². The SMILES string of the molecule is Cc1c(S)ccc2c(-c3ccc(Br)cc3)c(-c3ccccc3)sc12. The van der Waals surface area contributed by atoms with Gasteiger partial charge in [0.2, 0.25) is 0 Å². The van der Waals surface area contributed by atoms with Crippen molar-refractivity contribution in [1.82, 2.24) is 0 Å². The molecule has 24 heavy (non-hydrogen) atoms. The number of benzene rings is 3. The van der Waals surface area contributed by atoms with Gasteiger partial charge in [0.05, 0.1) is 0 Å². The van der Waals surface area contributed by atoms with Gasteiger partial charge in [-0.25, -0.2) is 0 Å². The molecule has 3 aromatic carbocycles.